The number of fused-ring (bicyclic) bond motifs is 2. The Morgan fingerprint density at radius 2 is 0.687 bits per heavy atom. The Morgan fingerprint density at radius 3 is 0.970 bits per heavy atom. The number of anilines is 2. The SMILES string of the molecule is Nc1c(S(=O)(=O)O)cc(S(=O)(=O)O)c2ccc(N=Nc3ccc(CCc4ccc(N=Nc5ccc6c(S(=O)(=O)O)cc(S(=O)(=O)O)c(N)c6c5O)cc4S(=O)(=O)O)c(S(=O)(=O)O)c3)c(O)c12.[Na]. The molecule has 6 rings (SSSR count). The summed E-state index contributed by atoms with van der Waals surface area (Å²) in [6.07, 6.45) is -0.702. The summed E-state index contributed by atoms with van der Waals surface area (Å²) < 4.78 is 204. The van der Waals surface area contributed by atoms with Crippen molar-refractivity contribution in [1.82, 2.24) is 0 Å². The average molecular weight is 1060 g/mol. The van der Waals surface area contributed by atoms with Crippen LogP contribution in [0, 0.1) is 0 Å². The number of azo groups is 2. The molecule has 0 atom stereocenters. The molecule has 0 heterocycles. The summed E-state index contributed by atoms with van der Waals surface area (Å²) in [5.41, 5.74) is 8.01. The van der Waals surface area contributed by atoms with Crippen LogP contribution in [0.1, 0.15) is 11.1 Å². The first-order valence-electron chi connectivity index (χ1n) is 17.3. The third-order valence-corrected chi connectivity index (χ3v) is 14.9. The Hall–Kier alpha value is -5.30. The van der Waals surface area contributed by atoms with Gasteiger partial charge in [-0.1, -0.05) is 24.3 Å². The molecule has 1 radical (unpaired) electrons. The van der Waals surface area contributed by atoms with Crippen LogP contribution < -0.4 is 11.5 Å². The molecule has 12 N–H and O–H groups in total. The molecule has 33 heteroatoms. The van der Waals surface area contributed by atoms with Gasteiger partial charge >= 0.3 is 0 Å². The molecule has 6 aromatic rings. The molecular formula is C34H28N6NaO20S6. The Bertz CT molecular complexity index is 3620. The normalized spacial score (nSPS) is 13.2. The van der Waals surface area contributed by atoms with Crippen molar-refractivity contribution in [1.29, 1.82) is 0 Å². The number of nitrogens with two attached hydrogens (primary N) is 2. The molecule has 0 aliphatic carbocycles. The van der Waals surface area contributed by atoms with Crippen molar-refractivity contribution in [3.63, 3.8) is 0 Å². The summed E-state index contributed by atoms with van der Waals surface area (Å²) in [5, 5.41) is 34.6. The molecule has 0 aliphatic heterocycles. The van der Waals surface area contributed by atoms with Crippen LogP contribution >= 0.6 is 0 Å². The predicted octanol–water partition coefficient (Wildman–Crippen LogP) is 4.28. The topological polar surface area (TPSA) is 468 Å². The van der Waals surface area contributed by atoms with Gasteiger partial charge in [-0.3, -0.25) is 27.3 Å². The molecule has 67 heavy (non-hydrogen) atoms. The number of rotatable bonds is 13. The molecule has 0 aromatic heterocycles. The summed E-state index contributed by atoms with van der Waals surface area (Å²) in [6.45, 7) is 0. The smallest absolute Gasteiger partial charge is 0.296 e. The third kappa shape index (κ3) is 11.0. The van der Waals surface area contributed by atoms with E-state index in [9.17, 15) is 88.0 Å². The number of nitrogen functional groups attached to an aromatic ring is 2. The average Bonchev–Trinajstić information content (AvgIpc) is 3.17. The minimum atomic E-state index is -5.22. The first-order valence-corrected chi connectivity index (χ1v) is 25.9. The van der Waals surface area contributed by atoms with E-state index in [1.807, 2.05) is 0 Å². The number of phenolic OH excluding ortho intramolecular Hbond substituents is 2. The number of nitrogens with zero attached hydrogens (tertiary/aromatic N) is 4. The maximum absolute atomic E-state index is 12.5. The maximum atomic E-state index is 12.5. The summed E-state index contributed by atoms with van der Waals surface area (Å²) >= 11 is 0. The van der Waals surface area contributed by atoms with Crippen molar-refractivity contribution < 1.29 is 88.0 Å². The second-order valence-electron chi connectivity index (χ2n) is 13.6. The van der Waals surface area contributed by atoms with E-state index in [0.717, 1.165) is 60.7 Å². The molecule has 0 saturated heterocycles. The molecule has 26 nitrogen and oxygen atoms in total. The minimum Gasteiger partial charge on any atom is -0.505 e. The van der Waals surface area contributed by atoms with Crippen LogP contribution in [-0.2, 0) is 73.6 Å². The molecular weight excluding hydrogens is 1030 g/mol. The zero-order chi connectivity index (χ0) is 49.3. The fourth-order valence-corrected chi connectivity index (χ4v) is 10.9. The third-order valence-electron chi connectivity index (χ3n) is 9.42. The summed E-state index contributed by atoms with van der Waals surface area (Å²) in [4.78, 5) is -6.06. The Morgan fingerprint density at radius 1 is 0.388 bits per heavy atom. The van der Waals surface area contributed by atoms with E-state index in [4.69, 9.17) is 11.5 Å². The summed E-state index contributed by atoms with van der Waals surface area (Å²) in [7, 11) is -31.0. The zero-order valence-corrected chi connectivity index (χ0v) is 40.1. The van der Waals surface area contributed by atoms with Gasteiger partial charge in [-0.25, -0.2) is 0 Å². The van der Waals surface area contributed by atoms with Crippen molar-refractivity contribution in [2.45, 2.75) is 42.2 Å². The molecule has 0 aliphatic rings. The molecule has 0 spiro atoms. The van der Waals surface area contributed by atoms with Gasteiger partial charge in [-0.05, 0) is 72.5 Å². The maximum Gasteiger partial charge on any atom is 0.296 e. The van der Waals surface area contributed by atoms with E-state index < -0.39 is 146 Å². The Labute approximate surface area is 400 Å². The minimum absolute atomic E-state index is 0. The van der Waals surface area contributed by atoms with E-state index in [2.05, 4.69) is 20.5 Å². The number of hydrogen-bond donors (Lipinski definition) is 10. The van der Waals surface area contributed by atoms with Crippen LogP contribution in [0.3, 0.4) is 0 Å². The van der Waals surface area contributed by atoms with Gasteiger partial charge in [0.05, 0.1) is 43.3 Å². The fourth-order valence-electron chi connectivity index (χ4n) is 6.52. The second-order valence-corrected chi connectivity index (χ2v) is 22.0. The molecule has 0 bridgehead atoms. The largest absolute Gasteiger partial charge is 0.505 e. The van der Waals surface area contributed by atoms with E-state index in [1.54, 1.807) is 0 Å². The fraction of sp³-hybridized carbons (Fsp3) is 0.0588. The van der Waals surface area contributed by atoms with Gasteiger partial charge in [0.15, 0.2) is 11.5 Å². The van der Waals surface area contributed by atoms with Crippen LogP contribution in [0.5, 0.6) is 11.5 Å². The number of hydrogen-bond acceptors (Lipinski definition) is 20. The number of benzene rings is 6. The zero-order valence-electron chi connectivity index (χ0n) is 33.2. The number of aromatic hydroxyl groups is 2. The van der Waals surface area contributed by atoms with Gasteiger partial charge < -0.3 is 21.7 Å². The molecule has 0 saturated carbocycles. The quantitative estimate of drug-likeness (QED) is 0.0334. The van der Waals surface area contributed by atoms with E-state index in [1.165, 1.54) is 0 Å². The molecule has 351 valence electrons. The van der Waals surface area contributed by atoms with Crippen molar-refractivity contribution in [3.8, 4) is 11.5 Å². The van der Waals surface area contributed by atoms with Crippen LogP contribution in [0.15, 0.2) is 123 Å². The predicted molar refractivity (Wildman–Crippen MR) is 233 cm³/mol. The van der Waals surface area contributed by atoms with Crippen molar-refractivity contribution in [3.05, 3.63) is 83.9 Å². The van der Waals surface area contributed by atoms with Gasteiger partial charge in [0, 0.05) is 40.3 Å². The van der Waals surface area contributed by atoms with Gasteiger partial charge in [-0.15, -0.1) is 10.2 Å². The van der Waals surface area contributed by atoms with Gasteiger partial charge in [0.2, 0.25) is 0 Å². The summed E-state index contributed by atoms with van der Waals surface area (Å²) in [6, 6.07) is 10.7. The van der Waals surface area contributed by atoms with Crippen molar-refractivity contribution >= 4 is 146 Å². The number of aryl methyl sites for hydroxylation is 2. The van der Waals surface area contributed by atoms with E-state index >= 15 is 0 Å². The van der Waals surface area contributed by atoms with Crippen LogP contribution in [0.4, 0.5) is 34.1 Å². The van der Waals surface area contributed by atoms with Gasteiger partial charge in [0.1, 0.15) is 31.0 Å². The van der Waals surface area contributed by atoms with Crippen LogP contribution in [-0.4, -0.2) is 118 Å². The molecule has 0 amide bonds. The van der Waals surface area contributed by atoms with Crippen molar-refractivity contribution in [2.24, 2.45) is 20.5 Å². The first-order chi connectivity index (χ1) is 30.2. The second kappa shape index (κ2) is 18.3. The van der Waals surface area contributed by atoms with Crippen molar-refractivity contribution in [2.75, 3.05) is 11.5 Å². The molecule has 0 unspecified atom stereocenters. The van der Waals surface area contributed by atoms with E-state index in [-0.39, 0.29) is 64.9 Å². The molecule has 0 fully saturated rings. The Balaban J connectivity index is 0.00000840. The van der Waals surface area contributed by atoms with Crippen LogP contribution in [0.2, 0.25) is 0 Å². The number of phenols is 2. The monoisotopic (exact) mass is 1050 g/mol. The Kier molecular flexibility index (Phi) is 14.4. The van der Waals surface area contributed by atoms with E-state index in [0.29, 0.717) is 12.1 Å². The van der Waals surface area contributed by atoms with Crippen LogP contribution in [0.25, 0.3) is 21.5 Å². The standard InChI is InChI=1S/C34H28N6O20S6.Na/c35-31-27(65(55,56)57)13-25(63(49,50)51)19-7-9-21(33(41)29(19)31)39-37-17-5-3-15(23(11-17)61(43,44)45)1-2-16-4-6-18(12-24(16)62(46,47)48)38-40-22-10-8-20-26(64(52,53)54)14-28(66(58,59)60)32(36)30(20)34(22)42;/h3-14,41-42H,1-2,35-36H2,(H,43,44,45)(H,46,47,48)(H,49,50,51)(H,52,53,54)(H,55,56,57)(H,58,59,60);. The van der Waals surface area contributed by atoms with Gasteiger partial charge in [-0.2, -0.15) is 60.7 Å². The molecule has 6 aromatic carbocycles. The van der Waals surface area contributed by atoms with Gasteiger partial charge in [0.25, 0.3) is 60.7 Å². The summed E-state index contributed by atoms with van der Waals surface area (Å²) in [5.74, 6) is -1.99. The first kappa shape index (κ1) is 52.7.